The molecule has 3 rings (SSSR count). The average Bonchev–Trinajstić information content (AvgIpc) is 3.05. The number of halogens is 1. The highest BCUT2D eigenvalue weighted by Crippen LogP contribution is 2.33. The monoisotopic (exact) mass is 472 g/mol. The lowest BCUT2D eigenvalue weighted by Gasteiger charge is -2.25. The first-order valence-electron chi connectivity index (χ1n) is 10.8. The molecule has 176 valence electrons. The van der Waals surface area contributed by atoms with Crippen LogP contribution in [0.2, 0.25) is 5.02 Å². The maximum atomic E-state index is 13.5. The summed E-state index contributed by atoms with van der Waals surface area (Å²) in [6.45, 7) is 7.06. The van der Waals surface area contributed by atoms with Crippen LogP contribution in [0.25, 0.3) is 0 Å². The Morgan fingerprint density at radius 1 is 1.12 bits per heavy atom. The van der Waals surface area contributed by atoms with Crippen molar-refractivity contribution in [2.45, 2.75) is 51.9 Å². The number of carbonyl (C=O) groups is 3. The average molecular weight is 473 g/mol. The van der Waals surface area contributed by atoms with E-state index in [1.807, 2.05) is 42.5 Å². The Labute approximate surface area is 199 Å². The van der Waals surface area contributed by atoms with Gasteiger partial charge in [0.25, 0.3) is 0 Å². The van der Waals surface area contributed by atoms with Crippen molar-refractivity contribution in [3.8, 4) is 0 Å². The van der Waals surface area contributed by atoms with Crippen LogP contribution in [0, 0.1) is 5.92 Å². The second-order valence-corrected chi connectivity index (χ2v) is 9.51. The number of cyclic esters (lactones) is 1. The molecular formula is C25H29ClN2O5. The molecule has 1 N–H and O–H groups in total. The molecule has 7 nitrogen and oxygen atoms in total. The Morgan fingerprint density at radius 2 is 1.76 bits per heavy atom. The number of rotatable bonds is 6. The topological polar surface area (TPSA) is 84.9 Å². The number of nitrogens with one attached hydrogen (secondary N) is 1. The van der Waals surface area contributed by atoms with E-state index in [1.54, 1.807) is 39.8 Å². The first kappa shape index (κ1) is 24.6. The van der Waals surface area contributed by atoms with Crippen LogP contribution < -0.4 is 5.32 Å². The summed E-state index contributed by atoms with van der Waals surface area (Å²) in [5.74, 6) is -1.12. The van der Waals surface area contributed by atoms with Crippen LogP contribution in [0.1, 0.15) is 44.9 Å². The highest BCUT2D eigenvalue weighted by atomic mass is 35.5. The summed E-state index contributed by atoms with van der Waals surface area (Å²) in [5, 5.41) is 3.24. The molecule has 3 atom stereocenters. The van der Waals surface area contributed by atoms with Crippen molar-refractivity contribution in [3.05, 3.63) is 70.7 Å². The minimum absolute atomic E-state index is 0.00285. The minimum atomic E-state index is -0.705. The normalized spacial score (nSPS) is 19.1. The van der Waals surface area contributed by atoms with E-state index in [4.69, 9.17) is 21.1 Å². The highest BCUT2D eigenvalue weighted by Gasteiger charge is 2.45. The van der Waals surface area contributed by atoms with E-state index < -0.39 is 41.8 Å². The van der Waals surface area contributed by atoms with Gasteiger partial charge >= 0.3 is 12.2 Å². The number of nitrogens with zero attached hydrogens (tertiary/aromatic N) is 1. The molecule has 0 saturated carbocycles. The quantitative estimate of drug-likeness (QED) is 0.629. The van der Waals surface area contributed by atoms with Crippen molar-refractivity contribution in [1.82, 2.24) is 10.2 Å². The van der Waals surface area contributed by atoms with Crippen LogP contribution in [0.5, 0.6) is 0 Å². The van der Waals surface area contributed by atoms with Gasteiger partial charge in [-0.15, -0.1) is 0 Å². The van der Waals surface area contributed by atoms with Gasteiger partial charge in [0.1, 0.15) is 11.7 Å². The predicted octanol–water partition coefficient (Wildman–Crippen LogP) is 5.13. The minimum Gasteiger partial charge on any atom is -0.444 e. The molecule has 0 unspecified atom stereocenters. The molecule has 3 amide bonds. The van der Waals surface area contributed by atoms with Crippen molar-refractivity contribution in [1.29, 1.82) is 0 Å². The van der Waals surface area contributed by atoms with Gasteiger partial charge in [0, 0.05) is 11.6 Å². The fourth-order valence-corrected chi connectivity index (χ4v) is 3.84. The number of hydrogen-bond acceptors (Lipinski definition) is 5. The van der Waals surface area contributed by atoms with Crippen LogP contribution >= 0.6 is 11.6 Å². The molecule has 2 aromatic carbocycles. The van der Waals surface area contributed by atoms with Gasteiger partial charge in [-0.25, -0.2) is 14.5 Å². The van der Waals surface area contributed by atoms with Crippen LogP contribution in [0.3, 0.4) is 0 Å². The predicted molar refractivity (Wildman–Crippen MR) is 125 cm³/mol. The van der Waals surface area contributed by atoms with Crippen molar-refractivity contribution in [2.75, 3.05) is 6.54 Å². The molecule has 0 aromatic heterocycles. The van der Waals surface area contributed by atoms with Gasteiger partial charge in [-0.3, -0.25) is 4.79 Å². The molecular weight excluding hydrogens is 444 g/mol. The smallest absolute Gasteiger partial charge is 0.417 e. The van der Waals surface area contributed by atoms with Gasteiger partial charge in [0.05, 0.1) is 12.0 Å². The van der Waals surface area contributed by atoms with E-state index in [0.29, 0.717) is 11.4 Å². The molecule has 1 aliphatic rings. The van der Waals surface area contributed by atoms with Gasteiger partial charge in [0.2, 0.25) is 5.91 Å². The fourth-order valence-electron chi connectivity index (χ4n) is 3.71. The fraction of sp³-hybridized carbons (Fsp3) is 0.400. The van der Waals surface area contributed by atoms with Gasteiger partial charge in [-0.2, -0.15) is 0 Å². The lowest BCUT2D eigenvalue weighted by atomic mass is 9.96. The summed E-state index contributed by atoms with van der Waals surface area (Å²) in [6, 6.07) is 15.9. The Bertz CT molecular complexity index is 988. The van der Waals surface area contributed by atoms with Gasteiger partial charge in [-0.05, 0) is 57.4 Å². The SMILES string of the molecule is C[C@@H]1[C@H](c2ccccc2)OC(=O)N1C(=O)[C@@H](CNC(=O)OC(C)(C)C)Cc1ccc(Cl)cc1. The zero-order valence-corrected chi connectivity index (χ0v) is 20.0. The number of benzene rings is 2. The molecule has 0 spiro atoms. The summed E-state index contributed by atoms with van der Waals surface area (Å²) in [6.07, 6.45) is -1.58. The second kappa shape index (κ2) is 10.3. The van der Waals surface area contributed by atoms with Crippen molar-refractivity contribution in [3.63, 3.8) is 0 Å². The maximum absolute atomic E-state index is 13.5. The van der Waals surface area contributed by atoms with E-state index in [2.05, 4.69) is 5.32 Å². The number of hydrogen-bond donors (Lipinski definition) is 1. The molecule has 0 bridgehead atoms. The summed E-state index contributed by atoms with van der Waals surface area (Å²) >= 11 is 5.98. The van der Waals surface area contributed by atoms with Crippen LogP contribution in [-0.4, -0.2) is 41.2 Å². The third-order valence-electron chi connectivity index (χ3n) is 5.27. The zero-order chi connectivity index (χ0) is 24.2. The number of alkyl carbamates (subject to hydrolysis) is 1. The lowest BCUT2D eigenvalue weighted by Crippen LogP contribution is -2.46. The Kier molecular flexibility index (Phi) is 7.64. The third-order valence-corrected chi connectivity index (χ3v) is 5.52. The van der Waals surface area contributed by atoms with E-state index in [1.165, 1.54) is 0 Å². The maximum Gasteiger partial charge on any atom is 0.417 e. The summed E-state index contributed by atoms with van der Waals surface area (Å²) in [5.41, 5.74) is 0.994. The molecule has 33 heavy (non-hydrogen) atoms. The van der Waals surface area contributed by atoms with Gasteiger partial charge in [0.15, 0.2) is 0 Å². The van der Waals surface area contributed by atoms with E-state index >= 15 is 0 Å². The lowest BCUT2D eigenvalue weighted by molar-refractivity contribution is -0.133. The molecule has 1 heterocycles. The summed E-state index contributed by atoms with van der Waals surface area (Å²) in [4.78, 5) is 39.6. The first-order chi connectivity index (χ1) is 15.5. The number of imide groups is 1. The molecule has 1 fully saturated rings. The molecule has 1 saturated heterocycles. The molecule has 0 aliphatic carbocycles. The number of amides is 3. The van der Waals surface area contributed by atoms with Crippen LogP contribution in [0.4, 0.5) is 9.59 Å². The molecule has 1 aliphatic heterocycles. The van der Waals surface area contributed by atoms with Crippen LogP contribution in [-0.2, 0) is 20.7 Å². The molecule has 0 radical (unpaired) electrons. The number of ether oxygens (including phenoxy) is 2. The van der Waals surface area contributed by atoms with Crippen molar-refractivity contribution < 1.29 is 23.9 Å². The Hall–Kier alpha value is -3.06. The largest absolute Gasteiger partial charge is 0.444 e. The second-order valence-electron chi connectivity index (χ2n) is 9.07. The number of carbonyl (C=O) groups excluding carboxylic acids is 3. The summed E-state index contributed by atoms with van der Waals surface area (Å²) in [7, 11) is 0. The van der Waals surface area contributed by atoms with E-state index in [0.717, 1.165) is 16.0 Å². The molecule has 2 aromatic rings. The van der Waals surface area contributed by atoms with E-state index in [9.17, 15) is 14.4 Å². The van der Waals surface area contributed by atoms with Crippen LogP contribution in [0.15, 0.2) is 54.6 Å². The Balaban J connectivity index is 1.79. The Morgan fingerprint density at radius 3 is 2.36 bits per heavy atom. The highest BCUT2D eigenvalue weighted by molar-refractivity contribution is 6.30. The third kappa shape index (κ3) is 6.48. The zero-order valence-electron chi connectivity index (χ0n) is 19.2. The first-order valence-corrected chi connectivity index (χ1v) is 11.2. The summed E-state index contributed by atoms with van der Waals surface area (Å²) < 4.78 is 10.8. The van der Waals surface area contributed by atoms with Gasteiger partial charge < -0.3 is 14.8 Å². The van der Waals surface area contributed by atoms with Crippen molar-refractivity contribution in [2.24, 2.45) is 5.92 Å². The van der Waals surface area contributed by atoms with E-state index in [-0.39, 0.29) is 6.54 Å². The standard InChI is InChI=1S/C25H29ClN2O5/c1-16-21(18-8-6-5-7-9-18)32-24(31)28(16)22(29)19(14-17-10-12-20(26)13-11-17)15-27-23(30)33-25(2,3)4/h5-13,16,19,21H,14-15H2,1-4H3,(H,27,30)/t16-,19-,21-/m1/s1. The molecule has 8 heteroatoms. The van der Waals surface area contributed by atoms with Crippen molar-refractivity contribution >= 4 is 29.7 Å². The van der Waals surface area contributed by atoms with Gasteiger partial charge in [-0.1, -0.05) is 54.1 Å².